The summed E-state index contributed by atoms with van der Waals surface area (Å²) in [7, 11) is 0. The Hall–Kier alpha value is -3.81. The van der Waals surface area contributed by atoms with Crippen LogP contribution in [0.5, 0.6) is 5.75 Å². The van der Waals surface area contributed by atoms with Gasteiger partial charge in [-0.25, -0.2) is 0 Å². The van der Waals surface area contributed by atoms with Crippen molar-refractivity contribution < 1.29 is 14.3 Å². The van der Waals surface area contributed by atoms with Gasteiger partial charge in [0.05, 0.1) is 16.3 Å². The summed E-state index contributed by atoms with van der Waals surface area (Å²) in [5, 5.41) is 9.27. The van der Waals surface area contributed by atoms with Crippen LogP contribution in [0.4, 0.5) is 22.7 Å². The standard InChI is InChI=1S/C27H21BrClN3O3/c28-18-10-15-25(23(29)16-18)35-17-26(33)32-24-9-5-4-8-22(24)27(34)31-21-13-11-20(12-14-21)30-19-6-2-1-3-7-19/h1-16,30H,17H2,(H,31,34)(H,32,33). The molecule has 0 aliphatic heterocycles. The van der Waals surface area contributed by atoms with Crippen molar-refractivity contribution in [2.45, 2.75) is 0 Å². The van der Waals surface area contributed by atoms with Crippen LogP contribution in [0.2, 0.25) is 5.02 Å². The number of hydrogen-bond donors (Lipinski definition) is 3. The number of carbonyl (C=O) groups is 2. The first-order valence-electron chi connectivity index (χ1n) is 10.7. The zero-order valence-electron chi connectivity index (χ0n) is 18.4. The van der Waals surface area contributed by atoms with Crippen molar-refractivity contribution in [3.05, 3.63) is 112 Å². The maximum absolute atomic E-state index is 12.9. The molecule has 176 valence electrons. The van der Waals surface area contributed by atoms with Gasteiger partial charge in [0, 0.05) is 21.5 Å². The van der Waals surface area contributed by atoms with E-state index in [1.54, 1.807) is 54.6 Å². The van der Waals surface area contributed by atoms with Gasteiger partial charge in [0.2, 0.25) is 0 Å². The number of amides is 2. The number of hydrogen-bond acceptors (Lipinski definition) is 4. The lowest BCUT2D eigenvalue weighted by Crippen LogP contribution is -2.22. The number of ether oxygens (including phenoxy) is 1. The quantitative estimate of drug-likeness (QED) is 0.218. The van der Waals surface area contributed by atoms with E-state index in [2.05, 4.69) is 31.9 Å². The predicted molar refractivity (Wildman–Crippen MR) is 144 cm³/mol. The van der Waals surface area contributed by atoms with E-state index in [1.165, 1.54) is 0 Å². The number of para-hydroxylation sites is 2. The summed E-state index contributed by atoms with van der Waals surface area (Å²) in [6, 6.07) is 29.1. The second kappa shape index (κ2) is 11.6. The Morgan fingerprint density at radius 1 is 0.771 bits per heavy atom. The molecule has 0 saturated carbocycles. The minimum absolute atomic E-state index is 0.257. The minimum Gasteiger partial charge on any atom is -0.482 e. The number of halogens is 2. The molecule has 4 aromatic carbocycles. The van der Waals surface area contributed by atoms with E-state index in [9.17, 15) is 9.59 Å². The van der Waals surface area contributed by atoms with Gasteiger partial charge in [0.25, 0.3) is 11.8 Å². The molecular formula is C27H21BrClN3O3. The number of rotatable bonds is 8. The van der Waals surface area contributed by atoms with Crippen molar-refractivity contribution >= 4 is 62.1 Å². The van der Waals surface area contributed by atoms with Crippen LogP contribution in [-0.4, -0.2) is 18.4 Å². The van der Waals surface area contributed by atoms with Crippen molar-refractivity contribution in [3.63, 3.8) is 0 Å². The molecule has 0 saturated heterocycles. The molecule has 3 N–H and O–H groups in total. The molecule has 4 rings (SSSR count). The Labute approximate surface area is 216 Å². The minimum atomic E-state index is -0.416. The van der Waals surface area contributed by atoms with Crippen LogP contribution in [0.25, 0.3) is 0 Å². The Morgan fingerprint density at radius 3 is 2.17 bits per heavy atom. The summed E-state index contributed by atoms with van der Waals surface area (Å²) in [5.41, 5.74) is 3.20. The van der Waals surface area contributed by atoms with Gasteiger partial charge in [0.1, 0.15) is 5.75 Å². The van der Waals surface area contributed by atoms with Gasteiger partial charge < -0.3 is 20.7 Å². The van der Waals surface area contributed by atoms with Gasteiger partial charge >= 0.3 is 0 Å². The average Bonchev–Trinajstić information content (AvgIpc) is 2.85. The van der Waals surface area contributed by atoms with Gasteiger partial charge in [-0.1, -0.05) is 57.9 Å². The van der Waals surface area contributed by atoms with Gasteiger partial charge in [0.15, 0.2) is 6.61 Å². The molecule has 0 spiro atoms. The molecule has 0 heterocycles. The maximum Gasteiger partial charge on any atom is 0.262 e. The smallest absolute Gasteiger partial charge is 0.262 e. The maximum atomic E-state index is 12.9. The highest BCUT2D eigenvalue weighted by Gasteiger charge is 2.14. The van der Waals surface area contributed by atoms with Crippen LogP contribution in [0.1, 0.15) is 10.4 Å². The molecule has 0 aromatic heterocycles. The number of nitrogens with one attached hydrogen (secondary N) is 3. The van der Waals surface area contributed by atoms with Crippen LogP contribution in [-0.2, 0) is 4.79 Å². The third-order valence-corrected chi connectivity index (χ3v) is 5.69. The fourth-order valence-electron chi connectivity index (χ4n) is 3.24. The molecule has 35 heavy (non-hydrogen) atoms. The lowest BCUT2D eigenvalue weighted by Gasteiger charge is -2.13. The molecule has 0 aliphatic carbocycles. The lowest BCUT2D eigenvalue weighted by molar-refractivity contribution is -0.118. The summed E-state index contributed by atoms with van der Waals surface area (Å²) < 4.78 is 6.31. The number of benzene rings is 4. The molecular weight excluding hydrogens is 530 g/mol. The SMILES string of the molecule is O=C(COc1ccc(Br)cc1Cl)Nc1ccccc1C(=O)Nc1ccc(Nc2ccccc2)cc1. The Balaban J connectivity index is 1.37. The topological polar surface area (TPSA) is 79.5 Å². The van der Waals surface area contributed by atoms with Crippen LogP contribution >= 0.6 is 27.5 Å². The van der Waals surface area contributed by atoms with Gasteiger partial charge in [-0.2, -0.15) is 0 Å². The van der Waals surface area contributed by atoms with Crippen molar-refractivity contribution in [3.8, 4) is 5.75 Å². The highest BCUT2D eigenvalue weighted by molar-refractivity contribution is 9.10. The fourth-order valence-corrected chi connectivity index (χ4v) is 3.96. The zero-order valence-corrected chi connectivity index (χ0v) is 20.8. The summed E-state index contributed by atoms with van der Waals surface area (Å²) in [6.45, 7) is -0.257. The normalized spacial score (nSPS) is 10.3. The van der Waals surface area contributed by atoms with E-state index in [0.717, 1.165) is 15.8 Å². The summed E-state index contributed by atoms with van der Waals surface area (Å²) in [5.74, 6) is -0.372. The molecule has 0 aliphatic rings. The van der Waals surface area contributed by atoms with Gasteiger partial charge in [-0.3, -0.25) is 9.59 Å². The van der Waals surface area contributed by atoms with Crippen LogP contribution in [0.3, 0.4) is 0 Å². The van der Waals surface area contributed by atoms with Crippen LogP contribution in [0, 0.1) is 0 Å². The summed E-state index contributed by atoms with van der Waals surface area (Å²) in [6.07, 6.45) is 0. The first-order chi connectivity index (χ1) is 17.0. The van der Waals surface area contributed by atoms with E-state index >= 15 is 0 Å². The van der Waals surface area contributed by atoms with Crippen molar-refractivity contribution in [2.24, 2.45) is 0 Å². The first kappa shape index (κ1) is 24.3. The Morgan fingerprint density at radius 2 is 1.43 bits per heavy atom. The summed E-state index contributed by atoms with van der Waals surface area (Å²) in [4.78, 5) is 25.4. The highest BCUT2D eigenvalue weighted by Crippen LogP contribution is 2.28. The van der Waals surface area contributed by atoms with E-state index in [4.69, 9.17) is 16.3 Å². The van der Waals surface area contributed by atoms with E-state index in [-0.39, 0.29) is 12.5 Å². The highest BCUT2D eigenvalue weighted by atomic mass is 79.9. The lowest BCUT2D eigenvalue weighted by atomic mass is 10.1. The second-order valence-electron chi connectivity index (χ2n) is 7.48. The first-order valence-corrected chi connectivity index (χ1v) is 11.9. The van der Waals surface area contributed by atoms with Crippen molar-refractivity contribution in [1.29, 1.82) is 0 Å². The molecule has 4 aromatic rings. The molecule has 0 bridgehead atoms. The number of anilines is 4. The number of carbonyl (C=O) groups excluding carboxylic acids is 2. The van der Waals surface area contributed by atoms with Gasteiger partial charge in [-0.15, -0.1) is 0 Å². The van der Waals surface area contributed by atoms with E-state index in [0.29, 0.717) is 27.7 Å². The van der Waals surface area contributed by atoms with Gasteiger partial charge in [-0.05, 0) is 66.7 Å². The molecule has 0 radical (unpaired) electrons. The van der Waals surface area contributed by atoms with E-state index in [1.807, 2.05) is 42.5 Å². The molecule has 0 fully saturated rings. The Kier molecular flexibility index (Phi) is 8.03. The van der Waals surface area contributed by atoms with Crippen LogP contribution < -0.4 is 20.7 Å². The van der Waals surface area contributed by atoms with Crippen molar-refractivity contribution in [2.75, 3.05) is 22.6 Å². The third-order valence-electron chi connectivity index (χ3n) is 4.90. The third kappa shape index (κ3) is 6.85. The average molecular weight is 551 g/mol. The predicted octanol–water partition coefficient (Wildman–Crippen LogP) is 7.12. The second-order valence-corrected chi connectivity index (χ2v) is 8.80. The molecule has 6 nitrogen and oxygen atoms in total. The molecule has 0 unspecified atom stereocenters. The monoisotopic (exact) mass is 549 g/mol. The van der Waals surface area contributed by atoms with E-state index < -0.39 is 5.91 Å². The summed E-state index contributed by atoms with van der Waals surface area (Å²) >= 11 is 9.45. The molecule has 8 heteroatoms. The van der Waals surface area contributed by atoms with Crippen molar-refractivity contribution in [1.82, 2.24) is 0 Å². The molecule has 0 atom stereocenters. The zero-order chi connectivity index (χ0) is 24.6. The molecule has 2 amide bonds. The largest absolute Gasteiger partial charge is 0.482 e. The Bertz CT molecular complexity index is 1330. The fraction of sp³-hybridized carbons (Fsp3) is 0.0370. The van der Waals surface area contributed by atoms with Crippen LogP contribution in [0.15, 0.2) is 102 Å².